The van der Waals surface area contributed by atoms with Gasteiger partial charge >= 0.3 is 0 Å². The zero-order valence-electron chi connectivity index (χ0n) is 9.66. The highest BCUT2D eigenvalue weighted by atomic mass is 16.5. The molecule has 0 rings (SSSR count). The van der Waals surface area contributed by atoms with Crippen LogP contribution in [0.2, 0.25) is 0 Å². The van der Waals surface area contributed by atoms with Gasteiger partial charge in [-0.2, -0.15) is 0 Å². The number of nitrogens with one attached hydrogen (secondary N) is 1. The van der Waals surface area contributed by atoms with Gasteiger partial charge < -0.3 is 25.0 Å². The molecule has 0 saturated heterocycles. The van der Waals surface area contributed by atoms with Gasteiger partial charge in [-0.05, 0) is 19.9 Å². The van der Waals surface area contributed by atoms with Crippen LogP contribution in [0.4, 0.5) is 0 Å². The Balaban J connectivity index is 3.29. The lowest BCUT2D eigenvalue weighted by atomic mass is 10.1. The van der Waals surface area contributed by atoms with Gasteiger partial charge in [-0.3, -0.25) is 0 Å². The largest absolute Gasteiger partial charge is 0.394 e. The zero-order valence-corrected chi connectivity index (χ0v) is 9.66. The van der Waals surface area contributed by atoms with Crippen molar-refractivity contribution in [3.05, 3.63) is 0 Å². The Morgan fingerprint density at radius 1 is 1.13 bits per heavy atom. The third-order valence-corrected chi connectivity index (χ3v) is 2.15. The number of aliphatic hydroxyl groups excluding tert-OH is 2. The summed E-state index contributed by atoms with van der Waals surface area (Å²) in [6.07, 6.45) is 0.847. The molecule has 0 aliphatic heterocycles. The maximum absolute atomic E-state index is 8.99. The third-order valence-electron chi connectivity index (χ3n) is 2.15. The first-order chi connectivity index (χ1) is 7.18. The molecule has 0 aliphatic carbocycles. The molecule has 0 unspecified atom stereocenters. The fourth-order valence-corrected chi connectivity index (χ4v) is 0.971. The molecule has 0 aromatic heterocycles. The smallest absolute Gasteiger partial charge is 0.0700 e. The van der Waals surface area contributed by atoms with E-state index >= 15 is 0 Å². The van der Waals surface area contributed by atoms with E-state index < -0.39 is 5.54 Å². The van der Waals surface area contributed by atoms with Crippen LogP contribution in [0.5, 0.6) is 0 Å². The van der Waals surface area contributed by atoms with E-state index in [1.807, 2.05) is 0 Å². The molecule has 0 heterocycles. The molecule has 0 spiro atoms. The second-order valence-electron chi connectivity index (χ2n) is 3.76. The molecule has 0 amide bonds. The summed E-state index contributed by atoms with van der Waals surface area (Å²) in [5.41, 5.74) is -0.591. The van der Waals surface area contributed by atoms with E-state index in [-0.39, 0.29) is 13.2 Å². The number of methoxy groups -OCH3 is 1. The van der Waals surface area contributed by atoms with Crippen molar-refractivity contribution in [3.63, 3.8) is 0 Å². The van der Waals surface area contributed by atoms with Crippen LogP contribution in [0.25, 0.3) is 0 Å². The number of hydrogen-bond acceptors (Lipinski definition) is 5. The van der Waals surface area contributed by atoms with Crippen LogP contribution >= 0.6 is 0 Å². The summed E-state index contributed by atoms with van der Waals surface area (Å²) in [5.74, 6) is 0. The average molecular weight is 221 g/mol. The van der Waals surface area contributed by atoms with Crippen molar-refractivity contribution in [1.29, 1.82) is 0 Å². The molecule has 5 nitrogen and oxygen atoms in total. The lowest BCUT2D eigenvalue weighted by Gasteiger charge is -2.26. The molecular formula is C10H23NO4. The van der Waals surface area contributed by atoms with Gasteiger partial charge in [0.05, 0.1) is 32.0 Å². The summed E-state index contributed by atoms with van der Waals surface area (Å²) in [5, 5.41) is 21.1. The maximum Gasteiger partial charge on any atom is 0.0700 e. The Labute approximate surface area is 91.4 Å². The molecule has 0 saturated carbocycles. The standard InChI is InChI=1S/C10H23NO4/c1-10(8-12,9-13)11-4-3-5-15-7-6-14-2/h11-13H,3-9H2,1-2H3. The van der Waals surface area contributed by atoms with Gasteiger partial charge in [0.25, 0.3) is 0 Å². The van der Waals surface area contributed by atoms with Crippen molar-refractivity contribution in [2.24, 2.45) is 0 Å². The van der Waals surface area contributed by atoms with Crippen molar-refractivity contribution in [3.8, 4) is 0 Å². The van der Waals surface area contributed by atoms with Gasteiger partial charge in [-0.25, -0.2) is 0 Å². The predicted molar refractivity (Wildman–Crippen MR) is 57.9 cm³/mol. The monoisotopic (exact) mass is 221 g/mol. The van der Waals surface area contributed by atoms with Gasteiger partial charge in [0.1, 0.15) is 0 Å². The van der Waals surface area contributed by atoms with Crippen LogP contribution in [0.1, 0.15) is 13.3 Å². The van der Waals surface area contributed by atoms with Crippen molar-refractivity contribution < 1.29 is 19.7 Å². The molecule has 92 valence electrons. The Morgan fingerprint density at radius 2 is 1.80 bits per heavy atom. The van der Waals surface area contributed by atoms with Crippen LogP contribution in [0.3, 0.4) is 0 Å². The van der Waals surface area contributed by atoms with Crippen LogP contribution in [0, 0.1) is 0 Å². The van der Waals surface area contributed by atoms with Crippen molar-refractivity contribution >= 4 is 0 Å². The number of hydrogen-bond donors (Lipinski definition) is 3. The van der Waals surface area contributed by atoms with E-state index in [2.05, 4.69) is 5.32 Å². The molecule has 3 N–H and O–H groups in total. The predicted octanol–water partition coefficient (Wildman–Crippen LogP) is -0.628. The highest BCUT2D eigenvalue weighted by Gasteiger charge is 2.20. The van der Waals surface area contributed by atoms with Crippen LogP contribution in [-0.2, 0) is 9.47 Å². The highest BCUT2D eigenvalue weighted by molar-refractivity contribution is 4.80. The normalized spacial score (nSPS) is 12.0. The summed E-state index contributed by atoms with van der Waals surface area (Å²) in [7, 11) is 1.64. The molecule has 15 heavy (non-hydrogen) atoms. The third kappa shape index (κ3) is 7.70. The minimum Gasteiger partial charge on any atom is -0.394 e. The minimum atomic E-state index is -0.591. The van der Waals surface area contributed by atoms with Gasteiger partial charge in [0.2, 0.25) is 0 Å². The van der Waals surface area contributed by atoms with E-state index in [1.165, 1.54) is 0 Å². The number of rotatable bonds is 10. The van der Waals surface area contributed by atoms with Crippen LogP contribution < -0.4 is 5.32 Å². The topological polar surface area (TPSA) is 71.0 Å². The van der Waals surface area contributed by atoms with Crippen molar-refractivity contribution in [1.82, 2.24) is 5.32 Å². The fraction of sp³-hybridized carbons (Fsp3) is 1.00. The molecular weight excluding hydrogens is 198 g/mol. The van der Waals surface area contributed by atoms with E-state index in [1.54, 1.807) is 14.0 Å². The Kier molecular flexibility index (Phi) is 8.94. The van der Waals surface area contributed by atoms with Gasteiger partial charge in [0.15, 0.2) is 0 Å². The maximum atomic E-state index is 8.99. The average Bonchev–Trinajstić information content (AvgIpc) is 2.27. The molecule has 0 fully saturated rings. The second-order valence-corrected chi connectivity index (χ2v) is 3.76. The molecule has 0 aromatic carbocycles. The molecule has 5 heteroatoms. The summed E-state index contributed by atoms with van der Waals surface area (Å²) in [4.78, 5) is 0. The number of aliphatic hydroxyl groups is 2. The van der Waals surface area contributed by atoms with Gasteiger partial charge in [0, 0.05) is 13.7 Å². The highest BCUT2D eigenvalue weighted by Crippen LogP contribution is 2.00. The fourth-order valence-electron chi connectivity index (χ4n) is 0.971. The van der Waals surface area contributed by atoms with E-state index in [0.29, 0.717) is 26.4 Å². The summed E-state index contributed by atoms with van der Waals surface area (Å²) in [6.45, 7) is 4.21. The van der Waals surface area contributed by atoms with E-state index in [9.17, 15) is 0 Å². The molecule has 0 aliphatic rings. The Hall–Kier alpha value is -0.200. The lowest BCUT2D eigenvalue weighted by molar-refractivity contribution is 0.0651. The summed E-state index contributed by atoms with van der Waals surface area (Å²) in [6, 6.07) is 0. The van der Waals surface area contributed by atoms with Crippen LogP contribution in [0.15, 0.2) is 0 Å². The van der Waals surface area contributed by atoms with Crippen molar-refractivity contribution in [2.75, 3.05) is 46.7 Å². The quantitative estimate of drug-likeness (QED) is 0.429. The lowest BCUT2D eigenvalue weighted by Crippen LogP contribution is -2.49. The Bertz CT molecular complexity index is 139. The van der Waals surface area contributed by atoms with E-state index in [4.69, 9.17) is 19.7 Å². The summed E-state index contributed by atoms with van der Waals surface area (Å²) >= 11 is 0. The van der Waals surface area contributed by atoms with Crippen LogP contribution in [-0.4, -0.2) is 62.4 Å². The first-order valence-electron chi connectivity index (χ1n) is 5.22. The molecule has 0 atom stereocenters. The second kappa shape index (κ2) is 9.06. The van der Waals surface area contributed by atoms with Crippen molar-refractivity contribution in [2.45, 2.75) is 18.9 Å². The summed E-state index contributed by atoms with van der Waals surface area (Å²) < 4.78 is 10.1. The number of ether oxygens (including phenoxy) is 2. The molecule has 0 aromatic rings. The van der Waals surface area contributed by atoms with Gasteiger partial charge in [-0.15, -0.1) is 0 Å². The zero-order chi connectivity index (χ0) is 11.6. The SMILES string of the molecule is COCCOCCCNC(C)(CO)CO. The minimum absolute atomic E-state index is 0.0754. The first-order valence-corrected chi connectivity index (χ1v) is 5.22. The van der Waals surface area contributed by atoms with E-state index in [0.717, 1.165) is 6.42 Å². The van der Waals surface area contributed by atoms with Gasteiger partial charge in [-0.1, -0.05) is 0 Å². The first kappa shape index (κ1) is 14.8. The molecule has 0 radical (unpaired) electrons. The molecule has 0 bridgehead atoms. The Morgan fingerprint density at radius 3 is 2.33 bits per heavy atom.